The molecule has 0 saturated heterocycles. The van der Waals surface area contributed by atoms with Crippen molar-refractivity contribution in [2.75, 3.05) is 18.9 Å². The Morgan fingerprint density at radius 1 is 1.33 bits per heavy atom. The molecule has 0 spiro atoms. The molecule has 0 saturated carbocycles. The Hall–Kier alpha value is -1.13. The van der Waals surface area contributed by atoms with Gasteiger partial charge in [0.25, 0.3) is 0 Å². The van der Waals surface area contributed by atoms with Crippen LogP contribution in [0.5, 0.6) is 0 Å². The van der Waals surface area contributed by atoms with E-state index in [0.717, 1.165) is 5.69 Å². The zero-order valence-corrected chi connectivity index (χ0v) is 9.27. The fourth-order valence-corrected chi connectivity index (χ4v) is 1.10. The highest BCUT2D eigenvalue weighted by molar-refractivity contribution is 5.28. The third kappa shape index (κ3) is 5.34. The van der Waals surface area contributed by atoms with E-state index in [1.54, 1.807) is 6.07 Å². The summed E-state index contributed by atoms with van der Waals surface area (Å²) in [6.07, 6.45) is 0.249. The van der Waals surface area contributed by atoms with Gasteiger partial charge in [0, 0.05) is 0 Å². The van der Waals surface area contributed by atoms with Crippen LogP contribution in [0.4, 0.5) is 5.82 Å². The van der Waals surface area contributed by atoms with Crippen LogP contribution in [-0.2, 0) is 16.1 Å². The molecule has 0 unspecified atom stereocenters. The summed E-state index contributed by atoms with van der Waals surface area (Å²) in [5.74, 6) is 0.523. The summed E-state index contributed by atoms with van der Waals surface area (Å²) < 4.78 is 10.7. The fourth-order valence-electron chi connectivity index (χ4n) is 1.10. The third-order valence-electron chi connectivity index (χ3n) is 1.76. The van der Waals surface area contributed by atoms with Crippen molar-refractivity contribution in [1.82, 2.24) is 4.98 Å². The molecule has 0 amide bonds. The van der Waals surface area contributed by atoms with Gasteiger partial charge < -0.3 is 15.2 Å². The zero-order chi connectivity index (χ0) is 11.1. The first-order valence-electron chi connectivity index (χ1n) is 5.09. The summed E-state index contributed by atoms with van der Waals surface area (Å²) in [6.45, 7) is 5.67. The van der Waals surface area contributed by atoms with Gasteiger partial charge in [0.15, 0.2) is 0 Å². The maximum Gasteiger partial charge on any atom is 0.123 e. The Balaban J connectivity index is 2.15. The number of nitrogens with two attached hydrogens (primary N) is 1. The van der Waals surface area contributed by atoms with Gasteiger partial charge in [-0.25, -0.2) is 4.98 Å². The van der Waals surface area contributed by atoms with E-state index in [0.29, 0.717) is 25.6 Å². The average Bonchev–Trinajstić information content (AvgIpc) is 2.17. The molecule has 4 heteroatoms. The summed E-state index contributed by atoms with van der Waals surface area (Å²) in [4.78, 5) is 4.12. The highest BCUT2D eigenvalue weighted by atomic mass is 16.5. The lowest BCUT2D eigenvalue weighted by Crippen LogP contribution is -2.10. The molecule has 84 valence electrons. The molecule has 0 aliphatic carbocycles. The predicted molar refractivity (Wildman–Crippen MR) is 59.4 cm³/mol. The number of rotatable bonds is 6. The highest BCUT2D eigenvalue weighted by Gasteiger charge is 1.96. The number of aromatic nitrogens is 1. The minimum atomic E-state index is 0.249. The minimum Gasteiger partial charge on any atom is -0.384 e. The van der Waals surface area contributed by atoms with E-state index in [2.05, 4.69) is 4.98 Å². The van der Waals surface area contributed by atoms with Gasteiger partial charge in [-0.15, -0.1) is 0 Å². The van der Waals surface area contributed by atoms with Crippen LogP contribution in [0, 0.1) is 0 Å². The van der Waals surface area contributed by atoms with Crippen LogP contribution in [0.25, 0.3) is 0 Å². The summed E-state index contributed by atoms with van der Waals surface area (Å²) in [7, 11) is 0. The molecular weight excluding hydrogens is 192 g/mol. The first-order valence-corrected chi connectivity index (χ1v) is 5.09. The van der Waals surface area contributed by atoms with Crippen LogP contribution < -0.4 is 5.73 Å². The van der Waals surface area contributed by atoms with Gasteiger partial charge >= 0.3 is 0 Å². The van der Waals surface area contributed by atoms with Crippen LogP contribution in [-0.4, -0.2) is 24.3 Å². The van der Waals surface area contributed by atoms with E-state index < -0.39 is 0 Å². The lowest BCUT2D eigenvalue weighted by Gasteiger charge is -2.07. The lowest BCUT2D eigenvalue weighted by molar-refractivity contribution is 0.0136. The van der Waals surface area contributed by atoms with Gasteiger partial charge in [-0.3, -0.25) is 0 Å². The van der Waals surface area contributed by atoms with Crippen molar-refractivity contribution < 1.29 is 9.47 Å². The van der Waals surface area contributed by atoms with Crippen molar-refractivity contribution in [2.24, 2.45) is 0 Å². The molecule has 0 aliphatic heterocycles. The van der Waals surface area contributed by atoms with Crippen LogP contribution in [0.1, 0.15) is 19.5 Å². The van der Waals surface area contributed by atoms with E-state index in [9.17, 15) is 0 Å². The van der Waals surface area contributed by atoms with Crippen molar-refractivity contribution in [3.05, 3.63) is 23.9 Å². The van der Waals surface area contributed by atoms with E-state index >= 15 is 0 Å². The van der Waals surface area contributed by atoms with Crippen molar-refractivity contribution in [3.63, 3.8) is 0 Å². The van der Waals surface area contributed by atoms with Gasteiger partial charge in [-0.05, 0) is 26.0 Å². The van der Waals surface area contributed by atoms with Gasteiger partial charge in [0.2, 0.25) is 0 Å². The molecule has 1 aromatic heterocycles. The molecule has 0 radical (unpaired) electrons. The predicted octanol–water partition coefficient (Wildman–Crippen LogP) is 1.61. The Morgan fingerprint density at radius 2 is 2.13 bits per heavy atom. The molecule has 15 heavy (non-hydrogen) atoms. The molecule has 1 aromatic rings. The second-order valence-electron chi connectivity index (χ2n) is 3.53. The Bertz CT molecular complexity index is 290. The molecule has 1 heterocycles. The van der Waals surface area contributed by atoms with Crippen LogP contribution in [0.2, 0.25) is 0 Å². The normalized spacial score (nSPS) is 10.9. The van der Waals surface area contributed by atoms with Crippen molar-refractivity contribution >= 4 is 5.82 Å². The number of anilines is 1. The molecule has 0 fully saturated rings. The number of pyridine rings is 1. The van der Waals surface area contributed by atoms with E-state index in [1.807, 2.05) is 26.0 Å². The smallest absolute Gasteiger partial charge is 0.123 e. The van der Waals surface area contributed by atoms with E-state index in [4.69, 9.17) is 15.2 Å². The number of hydrogen-bond acceptors (Lipinski definition) is 4. The van der Waals surface area contributed by atoms with Crippen molar-refractivity contribution in [1.29, 1.82) is 0 Å². The first-order chi connectivity index (χ1) is 7.18. The fraction of sp³-hybridized carbons (Fsp3) is 0.545. The molecule has 0 aromatic carbocycles. The highest BCUT2D eigenvalue weighted by Crippen LogP contribution is 2.01. The topological polar surface area (TPSA) is 57.4 Å². The standard InChI is InChI=1S/C11H18N2O2/c1-9(2)15-7-6-14-8-10-4-3-5-11(12)13-10/h3-5,9H,6-8H2,1-2H3,(H2,12,13). The summed E-state index contributed by atoms with van der Waals surface area (Å²) in [6, 6.07) is 5.51. The van der Waals surface area contributed by atoms with E-state index in [1.165, 1.54) is 0 Å². The van der Waals surface area contributed by atoms with Crippen molar-refractivity contribution in [3.8, 4) is 0 Å². The maximum atomic E-state index is 5.54. The quantitative estimate of drug-likeness (QED) is 0.725. The second kappa shape index (κ2) is 6.37. The van der Waals surface area contributed by atoms with Crippen molar-refractivity contribution in [2.45, 2.75) is 26.6 Å². The van der Waals surface area contributed by atoms with Gasteiger partial charge in [0.1, 0.15) is 5.82 Å². The molecule has 2 N–H and O–H groups in total. The van der Waals surface area contributed by atoms with Crippen LogP contribution in [0.3, 0.4) is 0 Å². The Labute approximate surface area is 90.4 Å². The average molecular weight is 210 g/mol. The molecule has 0 bridgehead atoms. The van der Waals surface area contributed by atoms with Gasteiger partial charge in [0.05, 0.1) is 31.6 Å². The van der Waals surface area contributed by atoms with Crippen LogP contribution >= 0.6 is 0 Å². The third-order valence-corrected chi connectivity index (χ3v) is 1.76. The Kier molecular flexibility index (Phi) is 5.07. The van der Waals surface area contributed by atoms with Gasteiger partial charge in [-0.2, -0.15) is 0 Å². The monoisotopic (exact) mass is 210 g/mol. The molecule has 0 atom stereocenters. The summed E-state index contributed by atoms with van der Waals surface area (Å²) in [5, 5.41) is 0. The van der Waals surface area contributed by atoms with Gasteiger partial charge in [-0.1, -0.05) is 6.07 Å². The summed E-state index contributed by atoms with van der Waals surface area (Å²) >= 11 is 0. The van der Waals surface area contributed by atoms with Crippen LogP contribution in [0.15, 0.2) is 18.2 Å². The molecular formula is C11H18N2O2. The largest absolute Gasteiger partial charge is 0.384 e. The molecule has 0 aliphatic rings. The lowest BCUT2D eigenvalue weighted by atomic mass is 10.3. The second-order valence-corrected chi connectivity index (χ2v) is 3.53. The maximum absolute atomic E-state index is 5.54. The first kappa shape index (κ1) is 11.9. The van der Waals surface area contributed by atoms with E-state index in [-0.39, 0.29) is 6.10 Å². The number of hydrogen-bond donors (Lipinski definition) is 1. The SMILES string of the molecule is CC(C)OCCOCc1cccc(N)n1. The number of nitrogen functional groups attached to an aromatic ring is 1. The molecule has 4 nitrogen and oxygen atoms in total. The zero-order valence-electron chi connectivity index (χ0n) is 9.27. The number of ether oxygens (including phenoxy) is 2. The number of nitrogens with zero attached hydrogens (tertiary/aromatic N) is 1. The Morgan fingerprint density at radius 3 is 2.80 bits per heavy atom. The minimum absolute atomic E-state index is 0.249. The molecule has 1 rings (SSSR count). The summed E-state index contributed by atoms with van der Waals surface area (Å²) in [5.41, 5.74) is 6.38.